The van der Waals surface area contributed by atoms with E-state index < -0.39 is 0 Å². The summed E-state index contributed by atoms with van der Waals surface area (Å²) < 4.78 is 0. The van der Waals surface area contributed by atoms with Crippen LogP contribution in [0.25, 0.3) is 10.8 Å². The number of rotatable bonds is 5. The topological polar surface area (TPSA) is 12.0 Å². The smallest absolute Gasteiger partial charge is 0.000824 e. The fourth-order valence-electron chi connectivity index (χ4n) is 2.02. The van der Waals surface area contributed by atoms with Crippen molar-refractivity contribution in [2.24, 2.45) is 5.92 Å². The summed E-state index contributed by atoms with van der Waals surface area (Å²) >= 11 is 0. The highest BCUT2D eigenvalue weighted by atomic mass is 14.8. The summed E-state index contributed by atoms with van der Waals surface area (Å²) in [5.74, 6) is 0.728. The monoisotopic (exact) mass is 227 g/mol. The maximum atomic E-state index is 3.48. The molecule has 0 aromatic heterocycles. The third kappa shape index (κ3) is 3.57. The second-order valence-electron chi connectivity index (χ2n) is 5.03. The van der Waals surface area contributed by atoms with Crippen molar-refractivity contribution in [3.8, 4) is 0 Å². The van der Waals surface area contributed by atoms with Crippen molar-refractivity contribution in [2.45, 2.75) is 20.3 Å². The van der Waals surface area contributed by atoms with Gasteiger partial charge in [-0.15, -0.1) is 0 Å². The maximum absolute atomic E-state index is 3.48. The molecule has 2 rings (SSSR count). The van der Waals surface area contributed by atoms with Gasteiger partial charge in [0.2, 0.25) is 0 Å². The second kappa shape index (κ2) is 5.83. The van der Waals surface area contributed by atoms with Gasteiger partial charge in [0.15, 0.2) is 0 Å². The zero-order chi connectivity index (χ0) is 12.1. The SMILES string of the molecule is CC(C)CNCCc1ccc2ccccc2c1. The molecule has 2 aromatic carbocycles. The summed E-state index contributed by atoms with van der Waals surface area (Å²) in [7, 11) is 0. The molecule has 0 saturated heterocycles. The molecule has 0 saturated carbocycles. The van der Waals surface area contributed by atoms with E-state index in [2.05, 4.69) is 61.6 Å². The molecule has 0 heterocycles. The Morgan fingerprint density at radius 3 is 2.53 bits per heavy atom. The predicted molar refractivity (Wildman–Crippen MR) is 75.4 cm³/mol. The van der Waals surface area contributed by atoms with Crippen LogP contribution in [0.1, 0.15) is 19.4 Å². The first kappa shape index (κ1) is 12.1. The van der Waals surface area contributed by atoms with Crippen molar-refractivity contribution in [1.82, 2.24) is 5.32 Å². The van der Waals surface area contributed by atoms with Crippen molar-refractivity contribution >= 4 is 10.8 Å². The molecule has 0 aliphatic carbocycles. The van der Waals surface area contributed by atoms with Crippen LogP contribution in [0.15, 0.2) is 42.5 Å². The maximum Gasteiger partial charge on any atom is -0.000824 e. The van der Waals surface area contributed by atoms with Gasteiger partial charge in [0.1, 0.15) is 0 Å². The quantitative estimate of drug-likeness (QED) is 0.769. The van der Waals surface area contributed by atoms with Crippen LogP contribution in [0.2, 0.25) is 0 Å². The van der Waals surface area contributed by atoms with E-state index in [1.54, 1.807) is 0 Å². The minimum Gasteiger partial charge on any atom is -0.316 e. The minimum atomic E-state index is 0.728. The Morgan fingerprint density at radius 1 is 1.00 bits per heavy atom. The molecule has 0 bridgehead atoms. The van der Waals surface area contributed by atoms with Crippen LogP contribution in [-0.4, -0.2) is 13.1 Å². The number of hydrogen-bond donors (Lipinski definition) is 1. The van der Waals surface area contributed by atoms with Crippen molar-refractivity contribution in [3.63, 3.8) is 0 Å². The Labute approximate surface area is 104 Å². The third-order valence-electron chi connectivity index (χ3n) is 2.96. The van der Waals surface area contributed by atoms with E-state index in [0.717, 1.165) is 25.4 Å². The Hall–Kier alpha value is -1.34. The van der Waals surface area contributed by atoms with Crippen molar-refractivity contribution in [3.05, 3.63) is 48.0 Å². The van der Waals surface area contributed by atoms with E-state index >= 15 is 0 Å². The lowest BCUT2D eigenvalue weighted by Gasteiger charge is -2.08. The number of benzene rings is 2. The fourth-order valence-corrected chi connectivity index (χ4v) is 2.02. The molecule has 0 aliphatic rings. The van der Waals surface area contributed by atoms with Gasteiger partial charge in [-0.25, -0.2) is 0 Å². The van der Waals surface area contributed by atoms with Crippen LogP contribution in [-0.2, 0) is 6.42 Å². The third-order valence-corrected chi connectivity index (χ3v) is 2.96. The van der Waals surface area contributed by atoms with Crippen molar-refractivity contribution in [1.29, 1.82) is 0 Å². The minimum absolute atomic E-state index is 0.728. The Balaban J connectivity index is 1.95. The molecule has 0 aliphatic heterocycles. The summed E-state index contributed by atoms with van der Waals surface area (Å²) in [6.07, 6.45) is 1.11. The highest BCUT2D eigenvalue weighted by Crippen LogP contribution is 2.15. The molecule has 0 radical (unpaired) electrons. The van der Waals surface area contributed by atoms with E-state index in [1.807, 2.05) is 0 Å². The molecular weight excluding hydrogens is 206 g/mol. The summed E-state index contributed by atoms with van der Waals surface area (Å²) in [6.45, 7) is 6.65. The lowest BCUT2D eigenvalue weighted by Crippen LogP contribution is -2.22. The van der Waals surface area contributed by atoms with Crippen LogP contribution in [0.5, 0.6) is 0 Å². The zero-order valence-corrected chi connectivity index (χ0v) is 10.7. The average molecular weight is 227 g/mol. The van der Waals surface area contributed by atoms with Gasteiger partial charge in [0.25, 0.3) is 0 Å². The Bertz CT molecular complexity index is 474. The van der Waals surface area contributed by atoms with Gasteiger partial charge in [0.05, 0.1) is 0 Å². The number of nitrogens with one attached hydrogen (secondary N) is 1. The lowest BCUT2D eigenvalue weighted by molar-refractivity contribution is 0.554. The summed E-state index contributed by atoms with van der Waals surface area (Å²) in [5, 5.41) is 6.15. The van der Waals surface area contributed by atoms with Crippen LogP contribution in [0.4, 0.5) is 0 Å². The standard InChI is InChI=1S/C16H21N/c1-13(2)12-17-10-9-14-7-8-15-5-3-4-6-16(15)11-14/h3-8,11,13,17H,9-10,12H2,1-2H3. The molecule has 17 heavy (non-hydrogen) atoms. The van der Waals surface area contributed by atoms with E-state index in [-0.39, 0.29) is 0 Å². The normalized spacial score (nSPS) is 11.2. The van der Waals surface area contributed by atoms with Gasteiger partial charge in [-0.05, 0) is 41.8 Å². The van der Waals surface area contributed by atoms with Gasteiger partial charge >= 0.3 is 0 Å². The van der Waals surface area contributed by atoms with E-state index in [9.17, 15) is 0 Å². The largest absolute Gasteiger partial charge is 0.316 e. The summed E-state index contributed by atoms with van der Waals surface area (Å²) in [4.78, 5) is 0. The molecule has 2 aromatic rings. The molecule has 1 heteroatoms. The fraction of sp³-hybridized carbons (Fsp3) is 0.375. The van der Waals surface area contributed by atoms with Gasteiger partial charge in [0, 0.05) is 0 Å². The molecule has 1 N–H and O–H groups in total. The molecule has 0 spiro atoms. The molecule has 0 fully saturated rings. The second-order valence-corrected chi connectivity index (χ2v) is 5.03. The van der Waals surface area contributed by atoms with Crippen molar-refractivity contribution in [2.75, 3.05) is 13.1 Å². The highest BCUT2D eigenvalue weighted by Gasteiger charge is 1.97. The molecular formula is C16H21N. The highest BCUT2D eigenvalue weighted by molar-refractivity contribution is 5.82. The van der Waals surface area contributed by atoms with Crippen molar-refractivity contribution < 1.29 is 0 Å². The summed E-state index contributed by atoms with van der Waals surface area (Å²) in [5.41, 5.74) is 1.42. The first-order valence-electron chi connectivity index (χ1n) is 6.44. The molecule has 0 amide bonds. The van der Waals surface area contributed by atoms with E-state index in [4.69, 9.17) is 0 Å². The number of hydrogen-bond acceptors (Lipinski definition) is 1. The first-order valence-corrected chi connectivity index (χ1v) is 6.44. The Morgan fingerprint density at radius 2 is 1.76 bits per heavy atom. The number of fused-ring (bicyclic) bond motifs is 1. The molecule has 1 nitrogen and oxygen atoms in total. The molecule has 0 unspecified atom stereocenters. The van der Waals surface area contributed by atoms with Crippen LogP contribution >= 0.6 is 0 Å². The van der Waals surface area contributed by atoms with E-state index in [1.165, 1.54) is 16.3 Å². The van der Waals surface area contributed by atoms with Crippen LogP contribution in [0, 0.1) is 5.92 Å². The average Bonchev–Trinajstić information content (AvgIpc) is 2.34. The van der Waals surface area contributed by atoms with Gasteiger partial charge in [-0.1, -0.05) is 56.3 Å². The van der Waals surface area contributed by atoms with E-state index in [0.29, 0.717) is 0 Å². The van der Waals surface area contributed by atoms with Crippen LogP contribution < -0.4 is 5.32 Å². The zero-order valence-electron chi connectivity index (χ0n) is 10.7. The first-order chi connectivity index (χ1) is 8.25. The Kier molecular flexibility index (Phi) is 4.16. The molecule has 0 atom stereocenters. The lowest BCUT2D eigenvalue weighted by atomic mass is 10.1. The van der Waals surface area contributed by atoms with Gasteiger partial charge in [-0.2, -0.15) is 0 Å². The van der Waals surface area contributed by atoms with Crippen LogP contribution in [0.3, 0.4) is 0 Å². The predicted octanol–water partition coefficient (Wildman–Crippen LogP) is 3.63. The van der Waals surface area contributed by atoms with Gasteiger partial charge in [-0.3, -0.25) is 0 Å². The van der Waals surface area contributed by atoms with Gasteiger partial charge < -0.3 is 5.32 Å². The molecule has 90 valence electrons. The summed E-state index contributed by atoms with van der Waals surface area (Å²) in [6, 6.07) is 15.3.